The Morgan fingerprint density at radius 3 is 2.31 bits per heavy atom. The molecule has 0 aliphatic carbocycles. The van der Waals surface area contributed by atoms with E-state index >= 15 is 0 Å². The van der Waals surface area contributed by atoms with Crippen LogP contribution in [-0.4, -0.2) is 59.5 Å². The highest BCUT2D eigenvalue weighted by Crippen LogP contribution is 2.23. The number of nitrogens with zero attached hydrogens (tertiary/aromatic N) is 4. The molecule has 1 fully saturated rings. The average Bonchev–Trinajstić information content (AvgIpc) is 2.95. The third-order valence-electron chi connectivity index (χ3n) is 4.95. The van der Waals surface area contributed by atoms with E-state index in [-0.39, 0.29) is 5.91 Å². The van der Waals surface area contributed by atoms with Crippen molar-refractivity contribution >= 4 is 15.9 Å². The molecule has 1 aliphatic rings. The third kappa shape index (κ3) is 3.26. The van der Waals surface area contributed by atoms with Crippen molar-refractivity contribution in [3.63, 3.8) is 0 Å². The van der Waals surface area contributed by atoms with Crippen molar-refractivity contribution in [3.8, 4) is 0 Å². The zero-order valence-corrected chi connectivity index (χ0v) is 16.4. The van der Waals surface area contributed by atoms with Gasteiger partial charge in [0.25, 0.3) is 5.91 Å². The highest BCUT2D eigenvalue weighted by atomic mass is 32.2. The molecule has 2 aromatic rings. The molecule has 0 unspecified atom stereocenters. The van der Waals surface area contributed by atoms with Crippen molar-refractivity contribution in [2.75, 3.05) is 26.2 Å². The largest absolute Gasteiger partial charge is 0.336 e. The van der Waals surface area contributed by atoms with E-state index in [0.29, 0.717) is 36.6 Å². The minimum Gasteiger partial charge on any atom is -0.336 e. The predicted molar refractivity (Wildman–Crippen MR) is 98.5 cm³/mol. The van der Waals surface area contributed by atoms with Crippen LogP contribution < -0.4 is 0 Å². The normalized spacial score (nSPS) is 16.1. The molecular formula is C18H24N4O3S. The monoisotopic (exact) mass is 376 g/mol. The molecule has 0 saturated carbocycles. The third-order valence-corrected chi connectivity index (χ3v) is 6.99. The van der Waals surface area contributed by atoms with E-state index in [1.165, 1.54) is 4.31 Å². The maximum atomic E-state index is 13.0. The number of rotatable bonds is 3. The Hall–Kier alpha value is -2.19. The Morgan fingerprint density at radius 1 is 1.08 bits per heavy atom. The number of amides is 1. The molecule has 0 bridgehead atoms. The summed E-state index contributed by atoms with van der Waals surface area (Å²) in [5, 5.41) is 4.11. The van der Waals surface area contributed by atoms with Gasteiger partial charge in [0.2, 0.25) is 10.0 Å². The molecule has 1 amide bonds. The van der Waals surface area contributed by atoms with Crippen LogP contribution in [0.2, 0.25) is 0 Å². The number of carbonyl (C=O) groups is 1. The topological polar surface area (TPSA) is 75.5 Å². The van der Waals surface area contributed by atoms with Gasteiger partial charge in [0.05, 0.1) is 16.7 Å². The van der Waals surface area contributed by atoms with Crippen molar-refractivity contribution in [3.05, 3.63) is 46.8 Å². The summed E-state index contributed by atoms with van der Waals surface area (Å²) in [5.41, 5.74) is 3.02. The summed E-state index contributed by atoms with van der Waals surface area (Å²) in [7, 11) is -1.76. The standard InChI is InChI=1S/C18H24N4O3S/c1-13-5-6-14(2)17(11-13)26(24,25)22-9-7-21(8-10-22)18(23)16-12-19-20(4)15(16)3/h5-6,11-12H,7-10H2,1-4H3. The van der Waals surface area contributed by atoms with Gasteiger partial charge in [-0.15, -0.1) is 0 Å². The number of sulfonamides is 1. The van der Waals surface area contributed by atoms with Crippen LogP contribution in [0.5, 0.6) is 0 Å². The molecule has 0 spiro atoms. The smallest absolute Gasteiger partial charge is 0.257 e. The van der Waals surface area contributed by atoms with Crippen LogP contribution >= 0.6 is 0 Å². The first-order valence-corrected chi connectivity index (χ1v) is 10.0. The summed E-state index contributed by atoms with van der Waals surface area (Å²) in [4.78, 5) is 14.7. The molecule has 140 valence electrons. The molecule has 1 aliphatic heterocycles. The maximum absolute atomic E-state index is 13.0. The van der Waals surface area contributed by atoms with Crippen molar-refractivity contribution in [2.24, 2.45) is 7.05 Å². The van der Waals surface area contributed by atoms with E-state index in [9.17, 15) is 13.2 Å². The zero-order chi connectivity index (χ0) is 19.1. The number of hydrogen-bond donors (Lipinski definition) is 0. The SMILES string of the molecule is Cc1ccc(C)c(S(=O)(=O)N2CCN(C(=O)c3cnn(C)c3C)CC2)c1. The Morgan fingerprint density at radius 2 is 1.73 bits per heavy atom. The molecule has 1 aromatic heterocycles. The Bertz CT molecular complexity index is 941. The van der Waals surface area contributed by atoms with Crippen LogP contribution in [-0.2, 0) is 17.1 Å². The van der Waals surface area contributed by atoms with Crippen LogP contribution in [0, 0.1) is 20.8 Å². The fraction of sp³-hybridized carbons (Fsp3) is 0.444. The average molecular weight is 376 g/mol. The molecule has 26 heavy (non-hydrogen) atoms. The number of aryl methyl sites for hydroxylation is 3. The predicted octanol–water partition coefficient (Wildman–Crippen LogP) is 1.49. The molecule has 8 heteroatoms. The van der Waals surface area contributed by atoms with Gasteiger partial charge in [-0.05, 0) is 38.0 Å². The lowest BCUT2D eigenvalue weighted by Crippen LogP contribution is -2.50. The van der Waals surface area contributed by atoms with Gasteiger partial charge in [0.1, 0.15) is 0 Å². The number of piperazine rings is 1. The Balaban J connectivity index is 1.75. The van der Waals surface area contributed by atoms with Crippen molar-refractivity contribution in [1.29, 1.82) is 0 Å². The lowest BCUT2D eigenvalue weighted by Gasteiger charge is -2.34. The van der Waals surface area contributed by atoms with E-state index in [2.05, 4.69) is 5.10 Å². The summed E-state index contributed by atoms with van der Waals surface area (Å²) in [6.07, 6.45) is 1.57. The van der Waals surface area contributed by atoms with Crippen LogP contribution in [0.15, 0.2) is 29.3 Å². The summed E-state index contributed by atoms with van der Waals surface area (Å²) in [6, 6.07) is 5.44. The fourth-order valence-electron chi connectivity index (χ4n) is 3.13. The first-order chi connectivity index (χ1) is 12.2. The highest BCUT2D eigenvalue weighted by Gasteiger charge is 2.32. The second-order valence-electron chi connectivity index (χ2n) is 6.73. The minimum atomic E-state index is -3.55. The zero-order valence-electron chi connectivity index (χ0n) is 15.6. The van der Waals surface area contributed by atoms with Gasteiger partial charge >= 0.3 is 0 Å². The van der Waals surface area contributed by atoms with Crippen molar-refractivity contribution < 1.29 is 13.2 Å². The number of benzene rings is 1. The van der Waals surface area contributed by atoms with Gasteiger partial charge in [-0.1, -0.05) is 12.1 Å². The van der Waals surface area contributed by atoms with E-state index in [4.69, 9.17) is 0 Å². The van der Waals surface area contributed by atoms with Gasteiger partial charge in [0, 0.05) is 38.9 Å². The van der Waals surface area contributed by atoms with Crippen LogP contribution in [0.3, 0.4) is 0 Å². The lowest BCUT2D eigenvalue weighted by molar-refractivity contribution is 0.0697. The second-order valence-corrected chi connectivity index (χ2v) is 8.64. The Labute approximate surface area is 154 Å². The van der Waals surface area contributed by atoms with Gasteiger partial charge in [-0.2, -0.15) is 9.40 Å². The summed E-state index contributed by atoms with van der Waals surface area (Å²) < 4.78 is 29.1. The number of hydrogen-bond acceptors (Lipinski definition) is 4. The quantitative estimate of drug-likeness (QED) is 0.813. The Kier molecular flexibility index (Phi) is 4.90. The summed E-state index contributed by atoms with van der Waals surface area (Å²) >= 11 is 0. The van der Waals surface area contributed by atoms with Crippen molar-refractivity contribution in [2.45, 2.75) is 25.7 Å². The van der Waals surface area contributed by atoms with Crippen LogP contribution in [0.25, 0.3) is 0 Å². The fourth-order valence-corrected chi connectivity index (χ4v) is 4.87. The van der Waals surface area contributed by atoms with Gasteiger partial charge in [-0.3, -0.25) is 9.48 Å². The molecule has 7 nitrogen and oxygen atoms in total. The first-order valence-electron chi connectivity index (χ1n) is 8.57. The molecule has 2 heterocycles. The highest BCUT2D eigenvalue weighted by molar-refractivity contribution is 7.89. The molecule has 0 atom stereocenters. The second kappa shape index (κ2) is 6.85. The van der Waals surface area contributed by atoms with Crippen LogP contribution in [0.4, 0.5) is 0 Å². The number of carbonyl (C=O) groups excluding carboxylic acids is 1. The van der Waals surface area contributed by atoms with E-state index in [0.717, 1.165) is 16.8 Å². The van der Waals surface area contributed by atoms with Crippen LogP contribution in [0.1, 0.15) is 27.2 Å². The molecular weight excluding hydrogens is 352 g/mol. The maximum Gasteiger partial charge on any atom is 0.257 e. The van der Waals surface area contributed by atoms with E-state index in [1.807, 2.05) is 26.0 Å². The molecule has 3 rings (SSSR count). The molecule has 1 saturated heterocycles. The summed E-state index contributed by atoms with van der Waals surface area (Å²) in [6.45, 7) is 6.86. The van der Waals surface area contributed by atoms with Gasteiger partial charge in [-0.25, -0.2) is 8.42 Å². The van der Waals surface area contributed by atoms with Crippen molar-refractivity contribution in [1.82, 2.24) is 19.0 Å². The molecule has 0 N–H and O–H groups in total. The lowest BCUT2D eigenvalue weighted by atomic mass is 10.2. The minimum absolute atomic E-state index is 0.0978. The summed E-state index contributed by atoms with van der Waals surface area (Å²) in [5.74, 6) is -0.0978. The molecule has 1 aromatic carbocycles. The van der Waals surface area contributed by atoms with E-state index in [1.54, 1.807) is 35.8 Å². The van der Waals surface area contributed by atoms with E-state index < -0.39 is 10.0 Å². The van der Waals surface area contributed by atoms with Gasteiger partial charge < -0.3 is 4.90 Å². The molecule has 0 radical (unpaired) electrons. The van der Waals surface area contributed by atoms with Gasteiger partial charge in [0.15, 0.2) is 0 Å². The number of aromatic nitrogens is 2. The first kappa shape index (κ1) is 18.6.